The Kier molecular flexibility index (Phi) is 5.08. The van der Waals surface area contributed by atoms with Crippen molar-refractivity contribution in [1.29, 1.82) is 5.26 Å². The highest BCUT2D eigenvalue weighted by Crippen LogP contribution is 2.45. The molecule has 6 nitrogen and oxygen atoms in total. The molecule has 3 aromatic rings. The van der Waals surface area contributed by atoms with Gasteiger partial charge < -0.3 is 14.1 Å². The van der Waals surface area contributed by atoms with E-state index in [1.807, 2.05) is 13.8 Å². The molecule has 0 amide bonds. The second kappa shape index (κ2) is 7.58. The van der Waals surface area contributed by atoms with Gasteiger partial charge >= 0.3 is 0 Å². The summed E-state index contributed by atoms with van der Waals surface area (Å²) in [5, 5.41) is 9.91. The van der Waals surface area contributed by atoms with E-state index >= 15 is 0 Å². The van der Waals surface area contributed by atoms with Crippen LogP contribution in [0.1, 0.15) is 60.6 Å². The minimum absolute atomic E-state index is 0.107. The van der Waals surface area contributed by atoms with Crippen molar-refractivity contribution >= 4 is 16.8 Å². The van der Waals surface area contributed by atoms with Crippen molar-refractivity contribution in [2.75, 3.05) is 26.2 Å². The molecule has 4 rings (SSSR count). The molecule has 2 heterocycles. The molecule has 0 saturated carbocycles. The number of pyridine rings is 1. The molecule has 0 bridgehead atoms. The summed E-state index contributed by atoms with van der Waals surface area (Å²) in [7, 11) is 0. The summed E-state index contributed by atoms with van der Waals surface area (Å²) in [6.45, 7) is 11.5. The van der Waals surface area contributed by atoms with Crippen molar-refractivity contribution in [2.45, 2.75) is 33.1 Å². The van der Waals surface area contributed by atoms with Crippen LogP contribution in [0.3, 0.4) is 0 Å². The molecule has 0 aliphatic heterocycles. The van der Waals surface area contributed by atoms with Crippen molar-refractivity contribution in [2.24, 2.45) is 0 Å². The summed E-state index contributed by atoms with van der Waals surface area (Å²) in [5.74, 6) is 0.982. The molecule has 0 radical (unpaired) electrons. The van der Waals surface area contributed by atoms with Crippen molar-refractivity contribution in [1.82, 2.24) is 9.88 Å². The molecule has 2 aromatic heterocycles. The van der Waals surface area contributed by atoms with Crippen LogP contribution in [0.5, 0.6) is 5.88 Å². The van der Waals surface area contributed by atoms with Gasteiger partial charge in [-0.05, 0) is 51.2 Å². The number of nitrogens with zero attached hydrogens (tertiary/aromatic N) is 3. The van der Waals surface area contributed by atoms with Gasteiger partial charge in [0.1, 0.15) is 18.0 Å². The van der Waals surface area contributed by atoms with Crippen LogP contribution < -0.4 is 4.74 Å². The maximum Gasteiger partial charge on any atom is 0.213 e. The van der Waals surface area contributed by atoms with E-state index in [4.69, 9.17) is 14.1 Å². The molecule has 0 atom stereocenters. The number of hydrogen-bond acceptors (Lipinski definition) is 6. The van der Waals surface area contributed by atoms with Gasteiger partial charge in [-0.3, -0.25) is 4.79 Å². The summed E-state index contributed by atoms with van der Waals surface area (Å²) in [5.41, 5.74) is 2.21. The number of benzene rings is 1. The van der Waals surface area contributed by atoms with Gasteiger partial charge in [-0.2, -0.15) is 5.26 Å². The minimum atomic E-state index is -0.608. The number of fused-ring (bicyclic) bond motifs is 4. The van der Waals surface area contributed by atoms with Gasteiger partial charge in [-0.25, -0.2) is 4.98 Å². The Balaban J connectivity index is 1.71. The maximum absolute atomic E-state index is 13.3. The number of carbonyl (C=O) groups excluding carboxylic acids is 1. The van der Waals surface area contributed by atoms with Crippen LogP contribution in [0.2, 0.25) is 0 Å². The Morgan fingerprint density at radius 2 is 1.97 bits per heavy atom. The van der Waals surface area contributed by atoms with Crippen molar-refractivity contribution < 1.29 is 13.9 Å². The van der Waals surface area contributed by atoms with E-state index in [1.54, 1.807) is 30.3 Å². The standard InChI is InChI=1S/C24H25N3O3/c1-5-27(6-2)11-12-29-19-10-9-17-21(28)20-16-8-7-15(14-25)13-18(16)30-23(20)24(3,4)22(17)26-19/h7-10,13H,5-6,11-12H2,1-4H3. The number of nitriles is 1. The number of carbonyl (C=O) groups is 1. The van der Waals surface area contributed by atoms with Crippen LogP contribution in [0.25, 0.3) is 11.0 Å². The van der Waals surface area contributed by atoms with Gasteiger partial charge in [-0.1, -0.05) is 13.8 Å². The van der Waals surface area contributed by atoms with E-state index in [-0.39, 0.29) is 5.78 Å². The number of aromatic nitrogens is 1. The fourth-order valence-corrected chi connectivity index (χ4v) is 4.07. The highest BCUT2D eigenvalue weighted by molar-refractivity contribution is 6.19. The van der Waals surface area contributed by atoms with Crippen LogP contribution >= 0.6 is 0 Å². The lowest BCUT2D eigenvalue weighted by molar-refractivity contribution is 0.102. The van der Waals surface area contributed by atoms with E-state index in [9.17, 15) is 10.1 Å². The van der Waals surface area contributed by atoms with Gasteiger partial charge in [0.2, 0.25) is 5.88 Å². The van der Waals surface area contributed by atoms with Crippen molar-refractivity contribution in [3.05, 3.63) is 58.5 Å². The number of likely N-dealkylation sites (N-methyl/N-ethyl adjacent to an activating group) is 1. The predicted octanol–water partition coefficient (Wildman–Crippen LogP) is 4.29. The fraction of sp³-hybridized carbons (Fsp3) is 0.375. The molecule has 0 unspecified atom stereocenters. The van der Waals surface area contributed by atoms with E-state index < -0.39 is 5.41 Å². The largest absolute Gasteiger partial charge is 0.476 e. The van der Waals surface area contributed by atoms with Crippen LogP contribution in [-0.2, 0) is 5.41 Å². The summed E-state index contributed by atoms with van der Waals surface area (Å²) < 4.78 is 12.0. The topological polar surface area (TPSA) is 79.4 Å². The number of ketones is 1. The average Bonchev–Trinajstić information content (AvgIpc) is 3.15. The van der Waals surface area contributed by atoms with Crippen molar-refractivity contribution in [3.8, 4) is 11.9 Å². The first-order chi connectivity index (χ1) is 14.4. The lowest BCUT2D eigenvalue weighted by Crippen LogP contribution is -2.31. The highest BCUT2D eigenvalue weighted by atomic mass is 16.5. The molecule has 0 N–H and O–H groups in total. The van der Waals surface area contributed by atoms with Crippen molar-refractivity contribution in [3.63, 3.8) is 0 Å². The molecule has 6 heteroatoms. The van der Waals surface area contributed by atoms with Crippen LogP contribution in [0.4, 0.5) is 0 Å². The lowest BCUT2D eigenvalue weighted by Gasteiger charge is -2.29. The average molecular weight is 403 g/mol. The zero-order chi connectivity index (χ0) is 21.5. The SMILES string of the molecule is CCN(CC)CCOc1ccc2c(n1)C(C)(C)c1oc3cc(C#N)ccc3c1C2=O. The first-order valence-electron chi connectivity index (χ1n) is 10.3. The quantitative estimate of drug-likeness (QED) is 0.611. The smallest absolute Gasteiger partial charge is 0.213 e. The van der Waals surface area contributed by atoms with Gasteiger partial charge in [0.25, 0.3) is 0 Å². The first-order valence-corrected chi connectivity index (χ1v) is 10.3. The Bertz CT molecular complexity index is 1170. The highest BCUT2D eigenvalue weighted by Gasteiger charge is 2.43. The summed E-state index contributed by atoms with van der Waals surface area (Å²) in [6, 6.07) is 10.8. The Labute approximate surface area is 176 Å². The third-order valence-corrected chi connectivity index (χ3v) is 5.87. The first kappa shape index (κ1) is 20.1. The minimum Gasteiger partial charge on any atom is -0.476 e. The van der Waals surface area contributed by atoms with Crippen LogP contribution in [0, 0.1) is 11.3 Å². The third kappa shape index (κ3) is 3.16. The molecule has 0 spiro atoms. The van der Waals surface area contributed by atoms with Crippen LogP contribution in [0.15, 0.2) is 34.7 Å². The monoisotopic (exact) mass is 403 g/mol. The summed E-state index contributed by atoms with van der Waals surface area (Å²) in [6.07, 6.45) is 0. The molecular weight excluding hydrogens is 378 g/mol. The number of rotatable bonds is 6. The van der Waals surface area contributed by atoms with E-state index in [1.165, 1.54) is 0 Å². The molecule has 30 heavy (non-hydrogen) atoms. The van der Waals surface area contributed by atoms with E-state index in [2.05, 4.69) is 24.8 Å². The van der Waals surface area contributed by atoms with E-state index in [0.717, 1.165) is 25.0 Å². The molecular formula is C24H25N3O3. The number of ether oxygens (including phenoxy) is 1. The van der Waals surface area contributed by atoms with Gasteiger partial charge in [0.05, 0.1) is 28.3 Å². The molecule has 154 valence electrons. The Morgan fingerprint density at radius 3 is 2.67 bits per heavy atom. The lowest BCUT2D eigenvalue weighted by atomic mass is 9.74. The molecule has 0 fully saturated rings. The molecule has 0 saturated heterocycles. The van der Waals surface area contributed by atoms with Crippen LogP contribution in [-0.4, -0.2) is 41.9 Å². The summed E-state index contributed by atoms with van der Waals surface area (Å²) >= 11 is 0. The second-order valence-electron chi connectivity index (χ2n) is 8.00. The third-order valence-electron chi connectivity index (χ3n) is 5.87. The fourth-order valence-electron chi connectivity index (χ4n) is 4.07. The Hall–Kier alpha value is -3.17. The zero-order valence-corrected chi connectivity index (χ0v) is 17.8. The summed E-state index contributed by atoms with van der Waals surface area (Å²) in [4.78, 5) is 20.3. The van der Waals surface area contributed by atoms with E-state index in [0.29, 0.717) is 46.2 Å². The Morgan fingerprint density at radius 1 is 1.20 bits per heavy atom. The predicted molar refractivity (Wildman–Crippen MR) is 114 cm³/mol. The van der Waals surface area contributed by atoms with Gasteiger partial charge in [0, 0.05) is 23.6 Å². The molecule has 1 aliphatic rings. The second-order valence-corrected chi connectivity index (χ2v) is 8.00. The van der Waals surface area contributed by atoms with Gasteiger partial charge in [0.15, 0.2) is 5.78 Å². The normalized spacial score (nSPS) is 14.5. The van der Waals surface area contributed by atoms with Gasteiger partial charge in [-0.15, -0.1) is 0 Å². The molecule has 1 aliphatic carbocycles. The maximum atomic E-state index is 13.3. The number of furan rings is 1. The number of hydrogen-bond donors (Lipinski definition) is 0. The molecule has 1 aromatic carbocycles. The zero-order valence-electron chi connectivity index (χ0n) is 17.8.